The summed E-state index contributed by atoms with van der Waals surface area (Å²) in [6.45, 7) is 0.251. The molecule has 1 aromatic heterocycles. The van der Waals surface area contributed by atoms with Crippen molar-refractivity contribution in [2.75, 3.05) is 5.43 Å². The van der Waals surface area contributed by atoms with Crippen LogP contribution >= 0.6 is 50.5 Å². The molecule has 0 atom stereocenters. The van der Waals surface area contributed by atoms with Crippen molar-refractivity contribution in [3.8, 4) is 17.0 Å². The van der Waals surface area contributed by atoms with Gasteiger partial charge in [0.25, 0.3) is 0 Å². The number of nitrogens with one attached hydrogen (secondary N) is 1. The third kappa shape index (κ3) is 5.66. The molecule has 4 aromatic rings. The Kier molecular flexibility index (Phi) is 7.25. The van der Waals surface area contributed by atoms with E-state index >= 15 is 0 Å². The third-order valence-corrected chi connectivity index (χ3v) is 6.29. The molecule has 0 amide bonds. The number of nitrogens with zero attached hydrogens (tertiary/aromatic N) is 2. The zero-order chi connectivity index (χ0) is 21.6. The van der Waals surface area contributed by atoms with Gasteiger partial charge in [-0.1, -0.05) is 75.5 Å². The van der Waals surface area contributed by atoms with Crippen LogP contribution in [0.1, 0.15) is 11.1 Å². The molecule has 1 N–H and O–H groups in total. The van der Waals surface area contributed by atoms with Gasteiger partial charge in [0.05, 0.1) is 11.9 Å². The van der Waals surface area contributed by atoms with Gasteiger partial charge in [-0.25, -0.2) is 4.98 Å². The van der Waals surface area contributed by atoms with E-state index in [1.54, 1.807) is 24.4 Å². The number of hydrogen-bond donors (Lipinski definition) is 1. The Balaban J connectivity index is 1.46. The highest BCUT2D eigenvalue weighted by Gasteiger charge is 2.09. The van der Waals surface area contributed by atoms with Gasteiger partial charge in [-0.2, -0.15) is 5.10 Å². The van der Waals surface area contributed by atoms with Crippen LogP contribution < -0.4 is 10.2 Å². The summed E-state index contributed by atoms with van der Waals surface area (Å²) in [6, 6.07) is 21.1. The molecule has 1 heterocycles. The minimum atomic E-state index is 0.251. The molecule has 0 bridgehead atoms. The Labute approximate surface area is 202 Å². The molecule has 4 nitrogen and oxygen atoms in total. The van der Waals surface area contributed by atoms with Crippen molar-refractivity contribution in [3.63, 3.8) is 0 Å². The fourth-order valence-electron chi connectivity index (χ4n) is 2.80. The number of rotatable bonds is 7. The standard InChI is InChI=1S/C23H16BrCl2N3OS/c24-17-9-10-22(30-13-18-19(25)7-4-8-20(18)26)16(11-17)12-27-29-23-28-21(14-31-23)15-5-2-1-3-6-15/h1-12,14H,13H2,(H,28,29). The SMILES string of the molecule is Clc1cccc(Cl)c1COc1ccc(Br)cc1C=NNc1nc(-c2ccccc2)cs1. The third-order valence-electron chi connectivity index (χ3n) is 4.34. The molecule has 0 unspecified atom stereocenters. The van der Waals surface area contributed by atoms with Crippen LogP contribution in [-0.2, 0) is 6.61 Å². The quantitative estimate of drug-likeness (QED) is 0.194. The molecule has 0 fully saturated rings. The minimum absolute atomic E-state index is 0.251. The molecule has 0 aliphatic rings. The highest BCUT2D eigenvalue weighted by Crippen LogP contribution is 2.28. The van der Waals surface area contributed by atoms with E-state index in [-0.39, 0.29) is 6.61 Å². The van der Waals surface area contributed by atoms with Crippen LogP contribution in [0.2, 0.25) is 10.0 Å². The molecule has 0 aliphatic heterocycles. The van der Waals surface area contributed by atoms with Crippen LogP contribution in [0.5, 0.6) is 5.75 Å². The van der Waals surface area contributed by atoms with Crippen molar-refractivity contribution < 1.29 is 4.74 Å². The number of aromatic nitrogens is 1. The number of halogens is 3. The van der Waals surface area contributed by atoms with Gasteiger partial charge < -0.3 is 4.74 Å². The van der Waals surface area contributed by atoms with Gasteiger partial charge in [-0.15, -0.1) is 11.3 Å². The average molecular weight is 533 g/mol. The van der Waals surface area contributed by atoms with E-state index in [1.807, 2.05) is 53.9 Å². The van der Waals surface area contributed by atoms with E-state index in [0.717, 1.165) is 26.9 Å². The second-order valence-electron chi connectivity index (χ2n) is 6.44. The van der Waals surface area contributed by atoms with Crippen LogP contribution in [0.25, 0.3) is 11.3 Å². The summed E-state index contributed by atoms with van der Waals surface area (Å²) in [7, 11) is 0. The van der Waals surface area contributed by atoms with Crippen LogP contribution in [0.4, 0.5) is 5.13 Å². The van der Waals surface area contributed by atoms with Crippen molar-refractivity contribution in [3.05, 3.63) is 97.8 Å². The number of ether oxygens (including phenoxy) is 1. The zero-order valence-corrected chi connectivity index (χ0v) is 20.0. The van der Waals surface area contributed by atoms with Gasteiger partial charge in [-0.05, 0) is 30.3 Å². The maximum Gasteiger partial charge on any atom is 0.203 e. The Bertz CT molecular complexity index is 1190. The summed E-state index contributed by atoms with van der Waals surface area (Å²) in [4.78, 5) is 4.57. The van der Waals surface area contributed by atoms with Gasteiger partial charge in [0.2, 0.25) is 5.13 Å². The second-order valence-corrected chi connectivity index (χ2v) is 9.03. The second kappa shape index (κ2) is 10.3. The van der Waals surface area contributed by atoms with Crippen LogP contribution in [0.3, 0.4) is 0 Å². The minimum Gasteiger partial charge on any atom is -0.488 e. The number of hydrazone groups is 1. The lowest BCUT2D eigenvalue weighted by Crippen LogP contribution is -2.00. The molecular formula is C23H16BrCl2N3OS. The lowest BCUT2D eigenvalue weighted by molar-refractivity contribution is 0.306. The topological polar surface area (TPSA) is 46.5 Å². The molecule has 8 heteroatoms. The molecular weight excluding hydrogens is 517 g/mol. The largest absolute Gasteiger partial charge is 0.488 e. The number of hydrogen-bond acceptors (Lipinski definition) is 5. The Hall–Kier alpha value is -2.38. The molecule has 0 radical (unpaired) electrons. The maximum absolute atomic E-state index is 6.24. The van der Waals surface area contributed by atoms with Crippen molar-refractivity contribution in [2.45, 2.75) is 6.61 Å². The highest BCUT2D eigenvalue weighted by molar-refractivity contribution is 9.10. The number of anilines is 1. The predicted molar refractivity (Wildman–Crippen MR) is 134 cm³/mol. The molecule has 4 rings (SSSR count). The molecule has 0 spiro atoms. The average Bonchev–Trinajstić information content (AvgIpc) is 3.24. The van der Waals surface area contributed by atoms with Gasteiger partial charge in [0.15, 0.2) is 0 Å². The Morgan fingerprint density at radius 2 is 1.81 bits per heavy atom. The number of benzene rings is 3. The van der Waals surface area contributed by atoms with E-state index in [4.69, 9.17) is 27.9 Å². The molecule has 0 saturated carbocycles. The first-order chi connectivity index (χ1) is 15.1. The summed E-state index contributed by atoms with van der Waals surface area (Å²) >= 11 is 17.5. The highest BCUT2D eigenvalue weighted by atomic mass is 79.9. The van der Waals surface area contributed by atoms with Crippen LogP contribution in [0.15, 0.2) is 81.7 Å². The van der Waals surface area contributed by atoms with Gasteiger partial charge in [0.1, 0.15) is 12.4 Å². The summed E-state index contributed by atoms with van der Waals surface area (Å²) < 4.78 is 6.90. The lowest BCUT2D eigenvalue weighted by Gasteiger charge is -2.12. The summed E-state index contributed by atoms with van der Waals surface area (Å²) in [6.07, 6.45) is 1.69. The molecule has 0 aliphatic carbocycles. The van der Waals surface area contributed by atoms with Crippen molar-refractivity contribution in [1.82, 2.24) is 4.98 Å². The Morgan fingerprint density at radius 1 is 1.03 bits per heavy atom. The maximum atomic E-state index is 6.24. The van der Waals surface area contributed by atoms with E-state index < -0.39 is 0 Å². The van der Waals surface area contributed by atoms with E-state index in [9.17, 15) is 0 Å². The van der Waals surface area contributed by atoms with Crippen molar-refractivity contribution >= 4 is 61.8 Å². The molecule has 31 heavy (non-hydrogen) atoms. The van der Waals surface area contributed by atoms with E-state index in [0.29, 0.717) is 20.9 Å². The van der Waals surface area contributed by atoms with E-state index in [1.165, 1.54) is 11.3 Å². The first-order valence-corrected chi connectivity index (χ1v) is 11.7. The van der Waals surface area contributed by atoms with Crippen LogP contribution in [0, 0.1) is 0 Å². The monoisotopic (exact) mass is 531 g/mol. The fraction of sp³-hybridized carbons (Fsp3) is 0.0435. The molecule has 156 valence electrons. The Morgan fingerprint density at radius 3 is 2.58 bits per heavy atom. The van der Waals surface area contributed by atoms with Crippen molar-refractivity contribution in [1.29, 1.82) is 0 Å². The first kappa shape index (κ1) is 21.8. The molecule has 3 aromatic carbocycles. The smallest absolute Gasteiger partial charge is 0.203 e. The van der Waals surface area contributed by atoms with E-state index in [2.05, 4.69) is 31.4 Å². The normalized spacial score (nSPS) is 11.1. The summed E-state index contributed by atoms with van der Waals surface area (Å²) in [5, 5.41) is 8.17. The van der Waals surface area contributed by atoms with Gasteiger partial charge >= 0.3 is 0 Å². The van der Waals surface area contributed by atoms with Gasteiger partial charge in [-0.3, -0.25) is 5.43 Å². The predicted octanol–water partition coefficient (Wildman–Crippen LogP) is 7.90. The lowest BCUT2D eigenvalue weighted by atomic mass is 10.2. The number of thiazole rings is 1. The first-order valence-electron chi connectivity index (χ1n) is 9.25. The summed E-state index contributed by atoms with van der Waals surface area (Å²) in [5.41, 5.74) is 6.50. The van der Waals surface area contributed by atoms with Gasteiger partial charge in [0, 0.05) is 36.6 Å². The van der Waals surface area contributed by atoms with Crippen molar-refractivity contribution in [2.24, 2.45) is 5.10 Å². The molecule has 0 saturated heterocycles. The fourth-order valence-corrected chi connectivity index (χ4v) is 4.35. The van der Waals surface area contributed by atoms with Crippen LogP contribution in [-0.4, -0.2) is 11.2 Å². The zero-order valence-electron chi connectivity index (χ0n) is 16.1. The summed E-state index contributed by atoms with van der Waals surface area (Å²) in [5.74, 6) is 0.661.